The van der Waals surface area contributed by atoms with Crippen molar-refractivity contribution in [3.8, 4) is 0 Å². The van der Waals surface area contributed by atoms with Crippen LogP contribution in [-0.2, 0) is 0 Å². The summed E-state index contributed by atoms with van der Waals surface area (Å²) < 4.78 is 0. The number of likely N-dealkylation sites (tertiary alicyclic amines) is 2. The van der Waals surface area contributed by atoms with Gasteiger partial charge in [-0.3, -0.25) is 4.99 Å². The number of nitrogens with zero attached hydrogens (tertiary/aromatic N) is 3. The van der Waals surface area contributed by atoms with E-state index in [0.29, 0.717) is 0 Å². The van der Waals surface area contributed by atoms with Crippen molar-refractivity contribution in [3.63, 3.8) is 0 Å². The molecule has 0 aromatic carbocycles. The Hall–Kier alpha value is -0.0400. The number of halogens is 1. The lowest BCUT2D eigenvalue weighted by atomic mass is 9.92. The molecule has 0 saturated carbocycles. The second kappa shape index (κ2) is 11.5. The van der Waals surface area contributed by atoms with Crippen LogP contribution in [0, 0.1) is 11.8 Å². The third-order valence-corrected chi connectivity index (χ3v) is 4.83. The standard InChI is InChI=1S/C18H36N4.HI/c1-4-19-18(22-11-7-8-12-22)20-9-5-6-10-21-14-16(2)13-17(3)15-21;/h16-17H,4-15H2,1-3H3,(H,19,20);1H. The van der Waals surface area contributed by atoms with Crippen LogP contribution in [0.4, 0.5) is 0 Å². The zero-order chi connectivity index (χ0) is 15.8. The summed E-state index contributed by atoms with van der Waals surface area (Å²) in [5.41, 5.74) is 0. The van der Waals surface area contributed by atoms with Crippen LogP contribution >= 0.6 is 24.0 Å². The van der Waals surface area contributed by atoms with E-state index in [-0.39, 0.29) is 24.0 Å². The van der Waals surface area contributed by atoms with Crippen LogP contribution in [0.3, 0.4) is 0 Å². The van der Waals surface area contributed by atoms with Crippen LogP contribution in [-0.4, -0.2) is 61.6 Å². The van der Waals surface area contributed by atoms with Gasteiger partial charge >= 0.3 is 0 Å². The molecule has 0 spiro atoms. The molecular formula is C18H37IN4. The van der Waals surface area contributed by atoms with Crippen molar-refractivity contribution in [2.45, 2.75) is 52.9 Å². The Labute approximate surface area is 160 Å². The molecule has 0 aromatic heterocycles. The molecule has 0 aromatic rings. The summed E-state index contributed by atoms with van der Waals surface area (Å²) in [6.45, 7) is 15.1. The van der Waals surface area contributed by atoms with E-state index in [1.807, 2.05) is 0 Å². The number of aliphatic imine (C=N–C) groups is 1. The van der Waals surface area contributed by atoms with E-state index >= 15 is 0 Å². The summed E-state index contributed by atoms with van der Waals surface area (Å²) in [5.74, 6) is 2.88. The number of hydrogen-bond donors (Lipinski definition) is 1. The minimum Gasteiger partial charge on any atom is -0.357 e. The zero-order valence-corrected chi connectivity index (χ0v) is 17.7. The molecule has 4 nitrogen and oxygen atoms in total. The van der Waals surface area contributed by atoms with Gasteiger partial charge in [0, 0.05) is 39.3 Å². The Morgan fingerprint density at radius 3 is 2.35 bits per heavy atom. The van der Waals surface area contributed by atoms with Crippen LogP contribution in [0.2, 0.25) is 0 Å². The van der Waals surface area contributed by atoms with Crippen molar-refractivity contribution >= 4 is 29.9 Å². The van der Waals surface area contributed by atoms with Gasteiger partial charge in [-0.2, -0.15) is 0 Å². The zero-order valence-electron chi connectivity index (χ0n) is 15.4. The molecule has 2 atom stereocenters. The van der Waals surface area contributed by atoms with Gasteiger partial charge in [-0.15, -0.1) is 24.0 Å². The van der Waals surface area contributed by atoms with Crippen LogP contribution in [0.15, 0.2) is 4.99 Å². The number of unbranched alkanes of at least 4 members (excludes halogenated alkanes) is 1. The number of piperidine rings is 1. The Kier molecular flexibility index (Phi) is 10.5. The Bertz CT molecular complexity index is 332. The highest BCUT2D eigenvalue weighted by atomic mass is 127. The monoisotopic (exact) mass is 436 g/mol. The number of rotatable bonds is 6. The van der Waals surface area contributed by atoms with Gasteiger partial charge in [0.2, 0.25) is 0 Å². The van der Waals surface area contributed by atoms with Crippen molar-refractivity contribution in [2.75, 3.05) is 45.8 Å². The first-order valence-electron chi connectivity index (χ1n) is 9.44. The first kappa shape index (κ1) is 21.0. The quantitative estimate of drug-likeness (QED) is 0.300. The fraction of sp³-hybridized carbons (Fsp3) is 0.944. The van der Waals surface area contributed by atoms with E-state index in [0.717, 1.165) is 30.9 Å². The van der Waals surface area contributed by atoms with Gasteiger partial charge in [-0.25, -0.2) is 0 Å². The van der Waals surface area contributed by atoms with Gasteiger partial charge < -0.3 is 15.1 Å². The fourth-order valence-corrected chi connectivity index (χ4v) is 3.96. The first-order valence-corrected chi connectivity index (χ1v) is 9.44. The average molecular weight is 436 g/mol. The maximum Gasteiger partial charge on any atom is 0.193 e. The lowest BCUT2D eigenvalue weighted by Gasteiger charge is -2.34. The van der Waals surface area contributed by atoms with E-state index in [2.05, 4.69) is 35.9 Å². The van der Waals surface area contributed by atoms with E-state index < -0.39 is 0 Å². The molecule has 0 radical (unpaired) electrons. The first-order chi connectivity index (χ1) is 10.7. The molecule has 2 rings (SSSR count). The molecule has 136 valence electrons. The predicted octanol–water partition coefficient (Wildman–Crippen LogP) is 3.42. The topological polar surface area (TPSA) is 30.9 Å². The molecule has 23 heavy (non-hydrogen) atoms. The normalized spacial score (nSPS) is 26.2. The number of guanidine groups is 1. The van der Waals surface area contributed by atoms with Crippen molar-refractivity contribution in [2.24, 2.45) is 16.8 Å². The van der Waals surface area contributed by atoms with Gasteiger partial charge in [0.05, 0.1) is 0 Å². The third kappa shape index (κ3) is 7.59. The van der Waals surface area contributed by atoms with Gasteiger partial charge in [0.25, 0.3) is 0 Å². The Balaban J connectivity index is 0.00000264. The van der Waals surface area contributed by atoms with Crippen molar-refractivity contribution in [1.82, 2.24) is 15.1 Å². The predicted molar refractivity (Wildman–Crippen MR) is 111 cm³/mol. The lowest BCUT2D eigenvalue weighted by molar-refractivity contribution is 0.139. The maximum atomic E-state index is 4.82. The Morgan fingerprint density at radius 2 is 1.74 bits per heavy atom. The summed E-state index contributed by atoms with van der Waals surface area (Å²) in [5, 5.41) is 3.44. The molecule has 2 unspecified atom stereocenters. The van der Waals surface area contributed by atoms with Gasteiger partial charge in [0.1, 0.15) is 0 Å². The molecule has 0 aliphatic carbocycles. The van der Waals surface area contributed by atoms with Gasteiger partial charge in [0.15, 0.2) is 5.96 Å². The van der Waals surface area contributed by atoms with Crippen LogP contribution in [0.5, 0.6) is 0 Å². The summed E-state index contributed by atoms with van der Waals surface area (Å²) in [6.07, 6.45) is 6.53. The smallest absolute Gasteiger partial charge is 0.193 e. The second-order valence-electron chi connectivity index (χ2n) is 7.34. The number of nitrogens with one attached hydrogen (secondary N) is 1. The summed E-state index contributed by atoms with van der Waals surface area (Å²) in [6, 6.07) is 0. The molecule has 1 N–H and O–H groups in total. The highest BCUT2D eigenvalue weighted by Gasteiger charge is 2.21. The molecule has 2 fully saturated rings. The third-order valence-electron chi connectivity index (χ3n) is 4.83. The molecule has 2 aliphatic heterocycles. The van der Waals surface area contributed by atoms with Crippen LogP contribution < -0.4 is 5.32 Å². The molecule has 0 amide bonds. The van der Waals surface area contributed by atoms with Gasteiger partial charge in [-0.05, 0) is 57.4 Å². The van der Waals surface area contributed by atoms with E-state index in [1.54, 1.807) is 0 Å². The highest BCUT2D eigenvalue weighted by Crippen LogP contribution is 2.21. The summed E-state index contributed by atoms with van der Waals surface area (Å²) >= 11 is 0. The van der Waals surface area contributed by atoms with E-state index in [4.69, 9.17) is 4.99 Å². The molecule has 0 bridgehead atoms. The maximum absolute atomic E-state index is 4.82. The number of hydrogen-bond acceptors (Lipinski definition) is 2. The SMILES string of the molecule is CCNC(=NCCCCN1CC(C)CC(C)C1)N1CCCC1.I. The molecule has 2 saturated heterocycles. The minimum absolute atomic E-state index is 0. The molecular weight excluding hydrogens is 399 g/mol. The highest BCUT2D eigenvalue weighted by molar-refractivity contribution is 14.0. The van der Waals surface area contributed by atoms with Crippen LogP contribution in [0.1, 0.15) is 52.9 Å². The Morgan fingerprint density at radius 1 is 1.09 bits per heavy atom. The minimum atomic E-state index is 0. The van der Waals surface area contributed by atoms with Crippen LogP contribution in [0.25, 0.3) is 0 Å². The molecule has 5 heteroatoms. The fourth-order valence-electron chi connectivity index (χ4n) is 3.96. The lowest BCUT2D eigenvalue weighted by Crippen LogP contribution is -2.40. The van der Waals surface area contributed by atoms with Crippen molar-refractivity contribution < 1.29 is 0 Å². The molecule has 2 heterocycles. The summed E-state index contributed by atoms with van der Waals surface area (Å²) in [4.78, 5) is 9.90. The van der Waals surface area contributed by atoms with E-state index in [9.17, 15) is 0 Å². The van der Waals surface area contributed by atoms with E-state index in [1.165, 1.54) is 64.8 Å². The van der Waals surface area contributed by atoms with Crippen molar-refractivity contribution in [1.29, 1.82) is 0 Å². The largest absolute Gasteiger partial charge is 0.357 e. The summed E-state index contributed by atoms with van der Waals surface area (Å²) in [7, 11) is 0. The molecule has 2 aliphatic rings. The second-order valence-corrected chi connectivity index (χ2v) is 7.34. The van der Waals surface area contributed by atoms with Crippen molar-refractivity contribution in [3.05, 3.63) is 0 Å². The average Bonchev–Trinajstić information content (AvgIpc) is 2.99. The van der Waals surface area contributed by atoms with Gasteiger partial charge in [-0.1, -0.05) is 13.8 Å².